The molecule has 0 aliphatic carbocycles. The lowest BCUT2D eigenvalue weighted by molar-refractivity contribution is 0.0387. The van der Waals surface area contributed by atoms with Crippen LogP contribution in [0.25, 0.3) is 0 Å². The number of anilines is 2. The van der Waals surface area contributed by atoms with Crippen LogP contribution in [0.1, 0.15) is 24.2 Å². The number of carbonyl (C=O) groups excluding carboxylic acids is 2. The average molecular weight is 589 g/mol. The Morgan fingerprint density at radius 3 is 2.51 bits per heavy atom. The molecule has 0 saturated carbocycles. The number of amides is 3. The maximum absolute atomic E-state index is 13.6. The van der Waals surface area contributed by atoms with Gasteiger partial charge >= 0.3 is 6.03 Å². The molecule has 14 heteroatoms. The molecule has 0 spiro atoms. The first-order valence-electron chi connectivity index (χ1n) is 12.9. The first kappa shape index (κ1) is 30.0. The molecule has 2 aromatic carbocycles. The molecule has 12 nitrogen and oxygen atoms in total. The molecule has 3 amide bonds. The van der Waals surface area contributed by atoms with Gasteiger partial charge in [-0.2, -0.15) is 4.31 Å². The van der Waals surface area contributed by atoms with Crippen LogP contribution in [0.15, 0.2) is 60.0 Å². The maximum atomic E-state index is 13.6. The monoisotopic (exact) mass is 588 g/mol. The second-order valence-electron chi connectivity index (χ2n) is 10.1. The van der Waals surface area contributed by atoms with E-state index in [9.17, 15) is 27.5 Å². The van der Waals surface area contributed by atoms with Gasteiger partial charge in [0.2, 0.25) is 0 Å². The molecule has 1 aliphatic heterocycles. The number of aliphatic hydroxyl groups excluding tert-OH is 1. The summed E-state index contributed by atoms with van der Waals surface area (Å²) in [7, 11) is -0.798. The molecule has 0 unspecified atom stereocenters. The molecule has 3 aromatic rings. The van der Waals surface area contributed by atoms with Crippen molar-refractivity contribution in [1.29, 1.82) is 0 Å². The largest absolute Gasteiger partial charge is 0.488 e. The summed E-state index contributed by atoms with van der Waals surface area (Å²) in [5.74, 6) is -0.966. The molecule has 2 heterocycles. The van der Waals surface area contributed by atoms with E-state index >= 15 is 0 Å². The van der Waals surface area contributed by atoms with Crippen LogP contribution < -0.4 is 15.4 Å². The van der Waals surface area contributed by atoms with Crippen molar-refractivity contribution in [2.75, 3.05) is 37.4 Å². The fourth-order valence-corrected chi connectivity index (χ4v) is 5.52. The van der Waals surface area contributed by atoms with Crippen molar-refractivity contribution in [1.82, 2.24) is 18.8 Å². The number of hydrogen-bond donors (Lipinski definition) is 3. The van der Waals surface area contributed by atoms with Gasteiger partial charge in [0.25, 0.3) is 15.9 Å². The van der Waals surface area contributed by atoms with Gasteiger partial charge in [-0.05, 0) is 49.4 Å². The lowest BCUT2D eigenvalue weighted by Gasteiger charge is -2.38. The maximum Gasteiger partial charge on any atom is 0.323 e. The van der Waals surface area contributed by atoms with Gasteiger partial charge in [-0.1, -0.05) is 6.92 Å². The van der Waals surface area contributed by atoms with Crippen LogP contribution in [0.3, 0.4) is 0 Å². The number of benzene rings is 2. The summed E-state index contributed by atoms with van der Waals surface area (Å²) >= 11 is 0. The predicted octanol–water partition coefficient (Wildman–Crippen LogP) is 2.74. The smallest absolute Gasteiger partial charge is 0.323 e. The highest BCUT2D eigenvalue weighted by molar-refractivity contribution is 7.89. The number of imidazole rings is 1. The molecule has 3 N–H and O–H groups in total. The van der Waals surface area contributed by atoms with Gasteiger partial charge < -0.3 is 29.9 Å². The zero-order valence-electron chi connectivity index (χ0n) is 23.1. The third kappa shape index (κ3) is 6.84. The number of aromatic nitrogens is 2. The Morgan fingerprint density at radius 2 is 1.88 bits per heavy atom. The van der Waals surface area contributed by atoms with Crippen molar-refractivity contribution < 1.29 is 32.2 Å². The summed E-state index contributed by atoms with van der Waals surface area (Å²) in [6, 6.07) is 8.64. The number of nitrogens with one attached hydrogen (secondary N) is 2. The Labute approximate surface area is 237 Å². The molecular formula is C27H33FN6O6S. The van der Waals surface area contributed by atoms with Gasteiger partial charge in [0.15, 0.2) is 5.03 Å². The van der Waals surface area contributed by atoms with Crippen LogP contribution in [-0.4, -0.2) is 83.1 Å². The number of urea groups is 1. The number of sulfonamides is 1. The zero-order valence-corrected chi connectivity index (χ0v) is 23.9. The Morgan fingerprint density at radius 1 is 1.22 bits per heavy atom. The van der Waals surface area contributed by atoms with Crippen LogP contribution in [0, 0.1) is 11.7 Å². The molecule has 0 fully saturated rings. The molecule has 0 radical (unpaired) electrons. The second kappa shape index (κ2) is 12.2. The number of nitrogens with zero attached hydrogens (tertiary/aromatic N) is 4. The Bertz CT molecular complexity index is 1510. The topological polar surface area (TPSA) is 146 Å². The number of hydrogen-bond acceptors (Lipinski definition) is 7. The Kier molecular flexibility index (Phi) is 8.95. The van der Waals surface area contributed by atoms with Gasteiger partial charge in [0.1, 0.15) is 17.7 Å². The number of likely N-dealkylation sites (N-methyl/N-ethyl adjacent to an activating group) is 1. The quantitative estimate of drug-likeness (QED) is 0.367. The zero-order chi connectivity index (χ0) is 29.9. The highest BCUT2D eigenvalue weighted by Crippen LogP contribution is 2.31. The standard InChI is InChI=1S/C27H33FN6O6S/c1-17-12-34(18(2)15-35)26(36)22-11-21(31-27(37)30-20-7-5-19(28)6-8-20)9-10-23(22)40-24(17)13-33(4)41(38,39)25-14-32(3)16-29-25/h5-11,14,16-18,24,35H,12-13,15H2,1-4H3,(H2,30,31,37)/t17-,18-,24-/m1/s1. The van der Waals surface area contributed by atoms with Crippen molar-refractivity contribution >= 4 is 33.3 Å². The number of aryl methyl sites for hydroxylation is 1. The molecular weight excluding hydrogens is 555 g/mol. The minimum Gasteiger partial charge on any atom is -0.488 e. The number of rotatable bonds is 8. The van der Waals surface area contributed by atoms with Gasteiger partial charge in [-0.15, -0.1) is 0 Å². The predicted molar refractivity (Wildman–Crippen MR) is 150 cm³/mol. The number of fused-ring (bicyclic) bond motifs is 1. The number of halogens is 1. The van der Waals surface area contributed by atoms with Crippen LogP contribution in [0.2, 0.25) is 0 Å². The SMILES string of the molecule is C[C@@H]1CN([C@H](C)CO)C(=O)c2cc(NC(=O)Nc3ccc(F)cc3)ccc2O[C@@H]1CN(C)S(=O)(=O)c1cn(C)cn1. The lowest BCUT2D eigenvalue weighted by atomic mass is 9.99. The summed E-state index contributed by atoms with van der Waals surface area (Å²) in [5.41, 5.74) is 0.799. The van der Waals surface area contributed by atoms with E-state index in [1.807, 2.05) is 6.92 Å². The van der Waals surface area contributed by atoms with E-state index in [-0.39, 0.29) is 47.6 Å². The van der Waals surface area contributed by atoms with Gasteiger partial charge in [-0.3, -0.25) is 4.79 Å². The summed E-state index contributed by atoms with van der Waals surface area (Å²) in [5, 5.41) is 15.0. The first-order chi connectivity index (χ1) is 19.4. The molecule has 0 saturated heterocycles. The molecule has 41 heavy (non-hydrogen) atoms. The Hall–Kier alpha value is -4.01. The fourth-order valence-electron chi connectivity index (χ4n) is 4.38. The molecule has 1 aromatic heterocycles. The molecule has 220 valence electrons. The molecule has 1 aliphatic rings. The fraction of sp³-hybridized carbons (Fsp3) is 0.370. The van der Waals surface area contributed by atoms with Gasteiger partial charge in [-0.25, -0.2) is 22.6 Å². The third-order valence-electron chi connectivity index (χ3n) is 6.82. The van der Waals surface area contributed by atoms with Crippen LogP contribution >= 0.6 is 0 Å². The van der Waals surface area contributed by atoms with Crippen LogP contribution in [0.4, 0.5) is 20.6 Å². The summed E-state index contributed by atoms with van der Waals surface area (Å²) in [6.07, 6.45) is 2.14. The van der Waals surface area contributed by atoms with Crippen LogP contribution in [0.5, 0.6) is 5.75 Å². The van der Waals surface area contributed by atoms with Crippen molar-refractivity contribution in [3.05, 3.63) is 66.4 Å². The molecule has 3 atom stereocenters. The van der Waals surface area contributed by atoms with E-state index in [4.69, 9.17) is 4.74 Å². The van der Waals surface area contributed by atoms with E-state index in [2.05, 4.69) is 15.6 Å². The summed E-state index contributed by atoms with van der Waals surface area (Å²) in [6.45, 7) is 3.42. The Balaban J connectivity index is 1.61. The third-order valence-corrected chi connectivity index (χ3v) is 8.53. The van der Waals surface area contributed by atoms with Crippen molar-refractivity contribution in [3.8, 4) is 5.75 Å². The summed E-state index contributed by atoms with van der Waals surface area (Å²) in [4.78, 5) is 31.6. The number of aliphatic hydroxyl groups is 1. The van der Waals surface area contributed by atoms with Crippen molar-refractivity contribution in [2.45, 2.75) is 31.0 Å². The number of carbonyl (C=O) groups is 2. The summed E-state index contributed by atoms with van der Waals surface area (Å²) < 4.78 is 48.4. The highest BCUT2D eigenvalue weighted by Gasteiger charge is 2.35. The van der Waals surface area contributed by atoms with E-state index < -0.39 is 39.9 Å². The number of ether oxygens (including phenoxy) is 1. The van der Waals surface area contributed by atoms with E-state index in [0.717, 1.165) is 4.31 Å². The van der Waals surface area contributed by atoms with Crippen molar-refractivity contribution in [2.24, 2.45) is 13.0 Å². The van der Waals surface area contributed by atoms with Crippen molar-refractivity contribution in [3.63, 3.8) is 0 Å². The molecule has 0 bridgehead atoms. The van der Waals surface area contributed by atoms with Crippen LogP contribution in [-0.2, 0) is 17.1 Å². The van der Waals surface area contributed by atoms with E-state index in [1.165, 1.54) is 65.4 Å². The molecule has 4 rings (SSSR count). The minimum absolute atomic E-state index is 0.0326. The average Bonchev–Trinajstić information content (AvgIpc) is 3.38. The highest BCUT2D eigenvalue weighted by atomic mass is 32.2. The van der Waals surface area contributed by atoms with Gasteiger partial charge in [0, 0.05) is 44.1 Å². The normalized spacial score (nSPS) is 18.2. The van der Waals surface area contributed by atoms with Gasteiger partial charge in [0.05, 0.1) is 31.1 Å². The second-order valence-corrected chi connectivity index (χ2v) is 12.1. The minimum atomic E-state index is -3.91. The first-order valence-corrected chi connectivity index (χ1v) is 14.3. The van der Waals surface area contributed by atoms with E-state index in [1.54, 1.807) is 20.0 Å². The lowest BCUT2D eigenvalue weighted by Crippen LogP contribution is -2.50. The van der Waals surface area contributed by atoms with E-state index in [0.29, 0.717) is 5.69 Å².